The molecule has 3 aliphatic rings. The van der Waals surface area contributed by atoms with E-state index in [1.54, 1.807) is 0 Å². The van der Waals surface area contributed by atoms with Gasteiger partial charge in [-0.3, -0.25) is 0 Å². The minimum absolute atomic E-state index is 0.244. The molecule has 3 heterocycles. The summed E-state index contributed by atoms with van der Waals surface area (Å²) in [6.07, 6.45) is 14.8. The van der Waals surface area contributed by atoms with Crippen molar-refractivity contribution in [3.8, 4) is 27.9 Å². The van der Waals surface area contributed by atoms with Crippen molar-refractivity contribution in [1.82, 2.24) is 4.57 Å². The Morgan fingerprint density at radius 2 is 1.37 bits per heavy atom. The number of hydrogen-bond donors (Lipinski definition) is 0. The summed E-state index contributed by atoms with van der Waals surface area (Å²) in [5.41, 5.74) is 15.5. The molecule has 0 spiro atoms. The monoisotopic (exact) mass is 668 g/mol. The predicted octanol–water partition coefficient (Wildman–Crippen LogP) is 12.8. The van der Waals surface area contributed by atoms with Crippen LogP contribution in [0.15, 0.2) is 168 Å². The summed E-state index contributed by atoms with van der Waals surface area (Å²) in [7, 11) is 0. The zero-order valence-electron chi connectivity index (χ0n) is 28.9. The van der Waals surface area contributed by atoms with Gasteiger partial charge in [0.1, 0.15) is 11.2 Å². The molecule has 1 aliphatic heterocycles. The van der Waals surface area contributed by atoms with Crippen LogP contribution in [0.1, 0.15) is 29.7 Å². The number of anilines is 2. The second kappa shape index (κ2) is 11.3. The Hall–Kier alpha value is -6.32. The molecule has 0 saturated carbocycles. The standard InChI is InChI=1S/C49H36N2O/c1-31-20-23-38-41-27-32(21-24-46(41)51(47(38)26-31)36-14-6-3-7-15-36)34-29-40(49-43(30-34)39-17-9-11-19-48(39)52-49)33-22-25-45-42(28-33)37-16-8-10-18-44(37)50(45)35-12-4-2-5-13-35/h2-25,27-31,37,44H,26H2,1H3. The van der Waals surface area contributed by atoms with E-state index in [9.17, 15) is 0 Å². The van der Waals surface area contributed by atoms with Gasteiger partial charge in [-0.2, -0.15) is 0 Å². The number of aromatic nitrogens is 1. The molecule has 0 N–H and O–H groups in total. The lowest BCUT2D eigenvalue weighted by atomic mass is 9.88. The predicted molar refractivity (Wildman–Crippen MR) is 217 cm³/mol. The second-order valence-corrected chi connectivity index (χ2v) is 14.6. The van der Waals surface area contributed by atoms with Gasteiger partial charge in [0, 0.05) is 56.0 Å². The summed E-state index contributed by atoms with van der Waals surface area (Å²) < 4.78 is 9.17. The quantitative estimate of drug-likeness (QED) is 0.186. The van der Waals surface area contributed by atoms with Crippen molar-refractivity contribution in [3.05, 3.63) is 181 Å². The van der Waals surface area contributed by atoms with Crippen molar-refractivity contribution in [3.63, 3.8) is 0 Å². The van der Waals surface area contributed by atoms with E-state index in [1.807, 2.05) is 0 Å². The topological polar surface area (TPSA) is 21.3 Å². The molecule has 3 heteroatoms. The highest BCUT2D eigenvalue weighted by Crippen LogP contribution is 2.50. The maximum atomic E-state index is 6.70. The van der Waals surface area contributed by atoms with Crippen molar-refractivity contribution < 1.29 is 4.42 Å². The molecule has 0 bridgehead atoms. The number of nitrogens with zero attached hydrogens (tertiary/aromatic N) is 2. The fourth-order valence-corrected chi connectivity index (χ4v) is 9.05. The van der Waals surface area contributed by atoms with Gasteiger partial charge in [0.05, 0.1) is 11.6 Å². The molecule has 8 aromatic rings. The average molecular weight is 669 g/mol. The minimum atomic E-state index is 0.244. The number of rotatable bonds is 4. The van der Waals surface area contributed by atoms with E-state index in [0.717, 1.165) is 33.9 Å². The van der Waals surface area contributed by atoms with Gasteiger partial charge >= 0.3 is 0 Å². The molecule has 3 atom stereocenters. The van der Waals surface area contributed by atoms with Crippen LogP contribution in [0.25, 0.3) is 66.9 Å². The summed E-state index contributed by atoms with van der Waals surface area (Å²) >= 11 is 0. The first kappa shape index (κ1) is 29.4. The summed E-state index contributed by atoms with van der Waals surface area (Å²) in [5, 5.41) is 3.58. The molecule has 0 saturated heterocycles. The lowest BCUT2D eigenvalue weighted by Crippen LogP contribution is -2.28. The Balaban J connectivity index is 1.12. The number of furan rings is 1. The van der Waals surface area contributed by atoms with Crippen molar-refractivity contribution in [2.75, 3.05) is 4.90 Å². The highest BCUT2D eigenvalue weighted by Gasteiger charge is 2.37. The lowest BCUT2D eigenvalue weighted by Gasteiger charge is -2.28. The fraction of sp³-hybridized carbons (Fsp3) is 0.102. The van der Waals surface area contributed by atoms with Crippen molar-refractivity contribution in [1.29, 1.82) is 0 Å². The zero-order valence-corrected chi connectivity index (χ0v) is 28.9. The molecule has 0 amide bonds. The van der Waals surface area contributed by atoms with Gasteiger partial charge in [0.2, 0.25) is 0 Å². The molecule has 2 aromatic heterocycles. The van der Waals surface area contributed by atoms with Crippen LogP contribution in [-0.4, -0.2) is 10.6 Å². The summed E-state index contributed by atoms with van der Waals surface area (Å²) in [6, 6.07) is 49.0. The molecular formula is C49H36N2O. The third-order valence-electron chi connectivity index (χ3n) is 11.4. The van der Waals surface area contributed by atoms with E-state index in [2.05, 4.69) is 186 Å². The number of benzene rings is 6. The molecule has 248 valence electrons. The zero-order chi connectivity index (χ0) is 34.3. The van der Waals surface area contributed by atoms with Gasteiger partial charge in [0.25, 0.3) is 0 Å². The number of hydrogen-bond acceptors (Lipinski definition) is 2. The molecule has 6 aromatic carbocycles. The van der Waals surface area contributed by atoms with E-state index in [-0.39, 0.29) is 12.0 Å². The maximum absolute atomic E-state index is 6.70. The Bertz CT molecular complexity index is 2800. The largest absolute Gasteiger partial charge is 0.455 e. The van der Waals surface area contributed by atoms with Gasteiger partial charge < -0.3 is 13.9 Å². The molecule has 2 aliphatic carbocycles. The smallest absolute Gasteiger partial charge is 0.143 e. The molecule has 3 nitrogen and oxygen atoms in total. The van der Waals surface area contributed by atoms with Crippen LogP contribution < -0.4 is 4.90 Å². The lowest BCUT2D eigenvalue weighted by molar-refractivity contribution is 0.670. The molecule has 11 rings (SSSR count). The molecule has 3 unspecified atom stereocenters. The van der Waals surface area contributed by atoms with E-state index in [0.29, 0.717) is 5.92 Å². The highest BCUT2D eigenvalue weighted by molar-refractivity contribution is 6.12. The van der Waals surface area contributed by atoms with Crippen LogP contribution in [0.3, 0.4) is 0 Å². The fourth-order valence-electron chi connectivity index (χ4n) is 9.05. The Labute approximate surface area is 303 Å². The number of allylic oxidation sites excluding steroid dienone is 3. The van der Waals surface area contributed by atoms with Gasteiger partial charge in [-0.05, 0) is 101 Å². The Morgan fingerprint density at radius 3 is 2.23 bits per heavy atom. The van der Waals surface area contributed by atoms with Crippen molar-refractivity contribution >= 4 is 50.3 Å². The van der Waals surface area contributed by atoms with Gasteiger partial charge in [-0.15, -0.1) is 0 Å². The van der Waals surface area contributed by atoms with Crippen LogP contribution in [-0.2, 0) is 6.42 Å². The molecule has 0 radical (unpaired) electrons. The summed E-state index contributed by atoms with van der Waals surface area (Å²) in [5.74, 6) is 0.771. The number of fused-ring (bicyclic) bond motifs is 9. The first-order valence-electron chi connectivity index (χ1n) is 18.4. The molecular weight excluding hydrogens is 633 g/mol. The SMILES string of the molecule is CC1C=Cc2c(n(-c3ccccc3)c3ccc(-c4cc(-c5ccc6c(c5)C5C=CC=CC5N6c5ccccc5)c5oc6ccccc6c5c4)cc23)C1. The third-order valence-corrected chi connectivity index (χ3v) is 11.4. The Kier molecular flexibility index (Phi) is 6.42. The van der Waals surface area contributed by atoms with Gasteiger partial charge in [0.15, 0.2) is 0 Å². The molecule has 0 fully saturated rings. The Morgan fingerprint density at radius 1 is 0.615 bits per heavy atom. The summed E-state index contributed by atoms with van der Waals surface area (Å²) in [6.45, 7) is 2.31. The van der Waals surface area contributed by atoms with E-state index in [1.165, 1.54) is 61.5 Å². The summed E-state index contributed by atoms with van der Waals surface area (Å²) in [4.78, 5) is 2.49. The van der Waals surface area contributed by atoms with Crippen LogP contribution in [0.2, 0.25) is 0 Å². The highest BCUT2D eigenvalue weighted by atomic mass is 16.3. The third kappa shape index (κ3) is 4.39. The maximum Gasteiger partial charge on any atom is 0.143 e. The van der Waals surface area contributed by atoms with Crippen LogP contribution in [0, 0.1) is 5.92 Å². The van der Waals surface area contributed by atoms with Crippen LogP contribution in [0.4, 0.5) is 11.4 Å². The number of para-hydroxylation sites is 3. The average Bonchev–Trinajstić information content (AvgIpc) is 3.85. The van der Waals surface area contributed by atoms with Crippen LogP contribution in [0.5, 0.6) is 0 Å². The van der Waals surface area contributed by atoms with E-state index < -0.39 is 0 Å². The van der Waals surface area contributed by atoms with Gasteiger partial charge in [-0.25, -0.2) is 0 Å². The van der Waals surface area contributed by atoms with Gasteiger partial charge in [-0.1, -0.05) is 110 Å². The minimum Gasteiger partial charge on any atom is -0.455 e. The normalized spacial score (nSPS) is 18.7. The van der Waals surface area contributed by atoms with E-state index in [4.69, 9.17) is 4.42 Å². The van der Waals surface area contributed by atoms with Crippen molar-refractivity contribution in [2.24, 2.45) is 5.92 Å². The molecule has 52 heavy (non-hydrogen) atoms. The van der Waals surface area contributed by atoms with Crippen molar-refractivity contribution in [2.45, 2.75) is 25.3 Å². The second-order valence-electron chi connectivity index (χ2n) is 14.6. The van der Waals surface area contributed by atoms with Crippen LogP contribution >= 0.6 is 0 Å². The van der Waals surface area contributed by atoms with E-state index >= 15 is 0 Å². The first-order valence-corrected chi connectivity index (χ1v) is 18.4. The first-order chi connectivity index (χ1) is 25.7.